The molecule has 0 aromatic carbocycles. The van der Waals surface area contributed by atoms with E-state index in [2.05, 4.69) is 34.6 Å². The molecule has 9 nitrogen and oxygen atoms in total. The van der Waals surface area contributed by atoms with E-state index in [4.69, 9.17) is 42.6 Å². The predicted molar refractivity (Wildman–Crippen MR) is 212 cm³/mol. The van der Waals surface area contributed by atoms with Gasteiger partial charge in [-0.25, -0.2) is 0 Å². The van der Waals surface area contributed by atoms with Crippen LogP contribution in [0.25, 0.3) is 0 Å². The van der Waals surface area contributed by atoms with E-state index in [1.54, 1.807) is 0 Å². The highest BCUT2D eigenvalue weighted by molar-refractivity contribution is 4.77. The van der Waals surface area contributed by atoms with Gasteiger partial charge >= 0.3 is 0 Å². The van der Waals surface area contributed by atoms with Crippen LogP contribution in [0.3, 0.4) is 0 Å². The minimum Gasteiger partial charge on any atom is -0.379 e. The van der Waals surface area contributed by atoms with Crippen LogP contribution in [0.4, 0.5) is 0 Å². The zero-order valence-electron chi connectivity index (χ0n) is 35.5. The summed E-state index contributed by atoms with van der Waals surface area (Å²) in [6.45, 7) is 24.7. The van der Waals surface area contributed by atoms with Gasteiger partial charge < -0.3 is 42.6 Å². The standard InChI is InChI=1S/C22H44O5.C21H42O4/c1-5-9-10-11-12-13-15-20(16-14-17-23-18-21-19-24-21)22(25-6-2,26-7-3)27-8-4;1-5-8-9-10-11-12-14-19(21(4,24-6-2)25-7-3)15-13-16-22-17-20-18-23-20/h20-21H,5-19H2,1-4H3;19-20H,5-18H2,1-4H3. The summed E-state index contributed by atoms with van der Waals surface area (Å²) in [6.07, 6.45) is 22.8. The lowest BCUT2D eigenvalue weighted by molar-refractivity contribution is -0.403. The van der Waals surface area contributed by atoms with Crippen LogP contribution in [0.2, 0.25) is 0 Å². The van der Waals surface area contributed by atoms with E-state index in [0.29, 0.717) is 51.2 Å². The molecule has 4 unspecified atom stereocenters. The fourth-order valence-electron chi connectivity index (χ4n) is 7.06. The van der Waals surface area contributed by atoms with Crippen molar-refractivity contribution in [1.29, 1.82) is 0 Å². The number of hydrogen-bond acceptors (Lipinski definition) is 9. The van der Waals surface area contributed by atoms with Gasteiger partial charge in [-0.2, -0.15) is 0 Å². The largest absolute Gasteiger partial charge is 0.379 e. The quantitative estimate of drug-likeness (QED) is 0.0348. The summed E-state index contributed by atoms with van der Waals surface area (Å²) >= 11 is 0. The van der Waals surface area contributed by atoms with Crippen LogP contribution in [0.1, 0.15) is 171 Å². The van der Waals surface area contributed by atoms with E-state index in [-0.39, 0.29) is 5.92 Å². The molecule has 0 N–H and O–H groups in total. The second-order valence-corrected chi connectivity index (χ2v) is 14.6. The van der Waals surface area contributed by atoms with Crippen molar-refractivity contribution in [3.63, 3.8) is 0 Å². The van der Waals surface area contributed by atoms with E-state index in [0.717, 1.165) is 71.7 Å². The van der Waals surface area contributed by atoms with E-state index in [9.17, 15) is 0 Å². The average Bonchev–Trinajstić information content (AvgIpc) is 4.07. The fraction of sp³-hybridized carbons (Fsp3) is 1.00. The zero-order chi connectivity index (χ0) is 38.2. The van der Waals surface area contributed by atoms with Crippen LogP contribution < -0.4 is 0 Å². The second-order valence-electron chi connectivity index (χ2n) is 14.6. The van der Waals surface area contributed by atoms with Crippen molar-refractivity contribution in [3.05, 3.63) is 0 Å². The van der Waals surface area contributed by atoms with E-state index < -0.39 is 11.8 Å². The Morgan fingerprint density at radius 3 is 1.19 bits per heavy atom. The average molecular weight is 747 g/mol. The molecule has 4 atom stereocenters. The first-order valence-corrected chi connectivity index (χ1v) is 22.0. The van der Waals surface area contributed by atoms with Gasteiger partial charge in [0, 0.05) is 58.1 Å². The number of epoxide rings is 2. The first-order chi connectivity index (χ1) is 25.4. The Morgan fingerprint density at radius 1 is 0.462 bits per heavy atom. The van der Waals surface area contributed by atoms with Crippen LogP contribution in [0.15, 0.2) is 0 Å². The summed E-state index contributed by atoms with van der Waals surface area (Å²) in [4.78, 5) is 0. The van der Waals surface area contributed by atoms with Crippen molar-refractivity contribution in [2.75, 3.05) is 72.7 Å². The first-order valence-electron chi connectivity index (χ1n) is 22.0. The normalized spacial score (nSPS) is 18.2. The van der Waals surface area contributed by atoms with Crippen molar-refractivity contribution in [2.24, 2.45) is 11.8 Å². The van der Waals surface area contributed by atoms with Crippen molar-refractivity contribution >= 4 is 0 Å². The topological polar surface area (TPSA) is 89.7 Å². The van der Waals surface area contributed by atoms with Gasteiger partial charge in [-0.1, -0.05) is 90.9 Å². The Hall–Kier alpha value is -0.360. The third-order valence-corrected chi connectivity index (χ3v) is 10.0. The summed E-state index contributed by atoms with van der Waals surface area (Å²) in [6, 6.07) is 0. The van der Waals surface area contributed by atoms with Crippen molar-refractivity contribution < 1.29 is 42.6 Å². The minimum atomic E-state index is -0.915. The highest BCUT2D eigenvalue weighted by Crippen LogP contribution is 2.35. The SMILES string of the molecule is CCCCCCCCC(CCCOCC1CO1)C(C)(OCC)OCC.CCCCCCCCC(CCCOCC1CO1)C(OCC)(OCC)OCC. The molecule has 0 radical (unpaired) electrons. The molecule has 2 aliphatic heterocycles. The highest BCUT2D eigenvalue weighted by atomic mass is 16.9. The summed E-state index contributed by atoms with van der Waals surface area (Å²) in [7, 11) is 0. The maximum atomic E-state index is 6.07. The Kier molecular flexibility index (Phi) is 31.4. The summed E-state index contributed by atoms with van der Waals surface area (Å²) in [5, 5.41) is 0. The lowest BCUT2D eigenvalue weighted by Gasteiger charge is -2.39. The summed E-state index contributed by atoms with van der Waals surface area (Å²) in [5.41, 5.74) is 0. The first kappa shape index (κ1) is 49.7. The molecule has 0 spiro atoms. The lowest BCUT2D eigenvalue weighted by atomic mass is 9.88. The molecule has 0 amide bonds. The number of unbranched alkanes of at least 4 members (excludes halogenated alkanes) is 10. The molecule has 2 fully saturated rings. The third-order valence-electron chi connectivity index (χ3n) is 10.0. The maximum absolute atomic E-state index is 6.07. The molecule has 52 heavy (non-hydrogen) atoms. The maximum Gasteiger partial charge on any atom is 0.285 e. The molecule has 2 saturated heterocycles. The van der Waals surface area contributed by atoms with Crippen LogP contribution >= 0.6 is 0 Å². The molecule has 0 bridgehead atoms. The Morgan fingerprint density at radius 2 is 0.808 bits per heavy atom. The smallest absolute Gasteiger partial charge is 0.285 e. The Balaban J connectivity index is 0.000000522. The molecule has 0 aliphatic carbocycles. The Bertz CT molecular complexity index is 738. The molecular weight excluding hydrogens is 660 g/mol. The molecule has 0 saturated carbocycles. The Labute approximate surface area is 321 Å². The number of hydrogen-bond donors (Lipinski definition) is 0. The van der Waals surface area contributed by atoms with Gasteiger partial charge in [0.05, 0.1) is 26.4 Å². The summed E-state index contributed by atoms with van der Waals surface area (Å²) < 4.78 is 52.1. The van der Waals surface area contributed by atoms with Crippen LogP contribution in [0.5, 0.6) is 0 Å². The van der Waals surface area contributed by atoms with E-state index in [1.807, 2.05) is 20.8 Å². The lowest BCUT2D eigenvalue weighted by Crippen LogP contribution is -2.47. The molecule has 0 aromatic heterocycles. The molecule has 2 rings (SSSR count). The highest BCUT2D eigenvalue weighted by Gasteiger charge is 2.41. The molecule has 312 valence electrons. The third kappa shape index (κ3) is 24.2. The van der Waals surface area contributed by atoms with Crippen LogP contribution in [0, 0.1) is 11.8 Å². The van der Waals surface area contributed by atoms with Gasteiger partial charge in [0.25, 0.3) is 5.97 Å². The van der Waals surface area contributed by atoms with Crippen LogP contribution in [-0.2, 0) is 42.6 Å². The zero-order valence-corrected chi connectivity index (χ0v) is 35.5. The number of rotatable bonds is 38. The number of ether oxygens (including phenoxy) is 9. The predicted octanol–water partition coefficient (Wildman–Crippen LogP) is 10.7. The fourth-order valence-corrected chi connectivity index (χ4v) is 7.06. The molecule has 9 heteroatoms. The van der Waals surface area contributed by atoms with Gasteiger partial charge in [0.1, 0.15) is 12.2 Å². The van der Waals surface area contributed by atoms with Gasteiger partial charge in [0.2, 0.25) is 0 Å². The van der Waals surface area contributed by atoms with Crippen molar-refractivity contribution in [3.8, 4) is 0 Å². The molecule has 2 heterocycles. The van der Waals surface area contributed by atoms with Crippen molar-refractivity contribution in [2.45, 2.75) is 195 Å². The molecular formula is C43H86O9. The van der Waals surface area contributed by atoms with E-state index >= 15 is 0 Å². The minimum absolute atomic E-state index is 0.226. The van der Waals surface area contributed by atoms with E-state index in [1.165, 1.54) is 83.5 Å². The monoisotopic (exact) mass is 747 g/mol. The molecule has 0 aromatic rings. The van der Waals surface area contributed by atoms with Crippen molar-refractivity contribution in [1.82, 2.24) is 0 Å². The molecule has 2 aliphatic rings. The van der Waals surface area contributed by atoms with Gasteiger partial charge in [-0.05, 0) is 80.1 Å². The van der Waals surface area contributed by atoms with Gasteiger partial charge in [0.15, 0.2) is 5.79 Å². The van der Waals surface area contributed by atoms with Crippen LogP contribution in [-0.4, -0.2) is 96.6 Å². The van der Waals surface area contributed by atoms with Gasteiger partial charge in [-0.15, -0.1) is 0 Å². The second kappa shape index (κ2) is 32.8. The summed E-state index contributed by atoms with van der Waals surface area (Å²) in [5.74, 6) is -0.725. The van der Waals surface area contributed by atoms with Gasteiger partial charge in [-0.3, -0.25) is 0 Å².